The zero-order valence-corrected chi connectivity index (χ0v) is 18.7. The molecule has 0 heterocycles. The molecule has 4 rings (SSSR count). The molecule has 0 aromatic rings. The average molecular weight is 407 g/mol. The van der Waals surface area contributed by atoms with Crippen molar-refractivity contribution in [3.05, 3.63) is 0 Å². The summed E-state index contributed by atoms with van der Waals surface area (Å²) in [4.78, 5) is 26.6. The third kappa shape index (κ3) is 3.21. The van der Waals surface area contributed by atoms with Gasteiger partial charge >= 0.3 is 0 Å². The number of hydrogen-bond acceptors (Lipinski definition) is 4. The lowest BCUT2D eigenvalue weighted by atomic mass is 9.44. The van der Waals surface area contributed by atoms with Crippen LogP contribution in [0.5, 0.6) is 0 Å². The third-order valence-electron chi connectivity index (χ3n) is 9.41. The number of carbonyl (C=O) groups is 2. The number of aliphatic hydroxyl groups is 1. The summed E-state index contributed by atoms with van der Waals surface area (Å²) in [6, 6.07) is 0. The second-order valence-corrected chi connectivity index (χ2v) is 12.0. The van der Waals surface area contributed by atoms with Gasteiger partial charge in [0, 0.05) is 30.4 Å². The lowest BCUT2D eigenvalue weighted by Gasteiger charge is -2.59. The fourth-order valence-corrected chi connectivity index (χ4v) is 8.70. The van der Waals surface area contributed by atoms with Crippen molar-refractivity contribution in [1.29, 1.82) is 0 Å². The van der Waals surface area contributed by atoms with E-state index in [0.29, 0.717) is 42.2 Å². The van der Waals surface area contributed by atoms with Gasteiger partial charge in [-0.05, 0) is 79.3 Å². The van der Waals surface area contributed by atoms with E-state index in [1.54, 1.807) is 0 Å². The Morgan fingerprint density at radius 3 is 2.68 bits per heavy atom. The highest BCUT2D eigenvalue weighted by atomic mass is 32.2. The van der Waals surface area contributed by atoms with Crippen molar-refractivity contribution in [2.24, 2.45) is 40.4 Å². The maximum absolute atomic E-state index is 13.6. The lowest BCUT2D eigenvalue weighted by Crippen LogP contribution is -2.58. The number of ketones is 2. The van der Waals surface area contributed by atoms with Gasteiger partial charge in [-0.1, -0.05) is 20.8 Å². The molecule has 28 heavy (non-hydrogen) atoms. The highest BCUT2D eigenvalue weighted by Gasteiger charge is 2.63. The molecule has 4 aliphatic carbocycles. The van der Waals surface area contributed by atoms with E-state index >= 15 is 0 Å². The zero-order valence-electron chi connectivity index (χ0n) is 17.9. The van der Waals surface area contributed by atoms with Crippen LogP contribution in [-0.4, -0.2) is 34.3 Å². The van der Waals surface area contributed by atoms with E-state index < -0.39 is 0 Å². The molecule has 0 radical (unpaired) electrons. The van der Waals surface area contributed by atoms with Crippen molar-refractivity contribution in [3.8, 4) is 0 Å². The van der Waals surface area contributed by atoms with Gasteiger partial charge in [-0.25, -0.2) is 0 Å². The molecule has 0 saturated heterocycles. The van der Waals surface area contributed by atoms with E-state index in [0.717, 1.165) is 56.5 Å². The second kappa shape index (κ2) is 7.72. The van der Waals surface area contributed by atoms with E-state index in [4.69, 9.17) is 0 Å². The quantitative estimate of drug-likeness (QED) is 0.660. The van der Waals surface area contributed by atoms with Crippen LogP contribution in [0.15, 0.2) is 0 Å². The minimum absolute atomic E-state index is 0.0699. The fraction of sp³-hybridized carbons (Fsp3) is 0.917. The molecular formula is C24H38O3S. The predicted molar refractivity (Wildman–Crippen MR) is 114 cm³/mol. The van der Waals surface area contributed by atoms with Crippen LogP contribution in [0.1, 0.15) is 78.6 Å². The molecule has 0 unspecified atom stereocenters. The number of hydrogen-bond donors (Lipinski definition) is 1. The molecule has 4 saturated carbocycles. The van der Waals surface area contributed by atoms with Crippen molar-refractivity contribution >= 4 is 23.3 Å². The van der Waals surface area contributed by atoms with E-state index in [-0.39, 0.29) is 28.8 Å². The molecule has 4 heteroatoms. The van der Waals surface area contributed by atoms with Gasteiger partial charge in [0.25, 0.3) is 0 Å². The number of fused-ring (bicyclic) bond motifs is 5. The van der Waals surface area contributed by atoms with Gasteiger partial charge < -0.3 is 5.11 Å². The van der Waals surface area contributed by atoms with Crippen LogP contribution in [0.3, 0.4) is 0 Å². The smallest absolute Gasteiger partial charge is 0.137 e. The average Bonchev–Trinajstić information content (AvgIpc) is 2.98. The van der Waals surface area contributed by atoms with E-state index in [9.17, 15) is 14.7 Å². The fourth-order valence-electron chi connectivity index (χ4n) is 8.07. The number of carbonyl (C=O) groups excluding carboxylic acids is 2. The molecule has 0 amide bonds. The molecule has 1 N–H and O–H groups in total. The summed E-state index contributed by atoms with van der Waals surface area (Å²) in [7, 11) is 0. The number of aliphatic hydroxyl groups excluding tert-OH is 1. The molecule has 0 aromatic heterocycles. The molecule has 0 aromatic carbocycles. The Balaban J connectivity index is 1.56. The highest BCUT2D eigenvalue weighted by Crippen LogP contribution is 2.66. The predicted octanol–water partition coefficient (Wildman–Crippen LogP) is 4.90. The number of Topliss-reactive ketones (excluding diaryl/α,β-unsaturated/α-hetero) is 2. The molecule has 0 bridgehead atoms. The van der Waals surface area contributed by atoms with Crippen molar-refractivity contribution in [1.82, 2.24) is 0 Å². The van der Waals surface area contributed by atoms with Crippen LogP contribution < -0.4 is 0 Å². The summed E-state index contributed by atoms with van der Waals surface area (Å²) >= 11 is 1.85. The number of rotatable bonds is 5. The Morgan fingerprint density at radius 2 is 1.93 bits per heavy atom. The maximum atomic E-state index is 13.6. The van der Waals surface area contributed by atoms with Gasteiger partial charge in [0.2, 0.25) is 0 Å². The maximum Gasteiger partial charge on any atom is 0.137 e. The van der Waals surface area contributed by atoms with Gasteiger partial charge in [0.15, 0.2) is 0 Å². The summed E-state index contributed by atoms with van der Waals surface area (Å²) in [6.07, 6.45) is 8.23. The first-order chi connectivity index (χ1) is 13.3. The monoisotopic (exact) mass is 406 g/mol. The van der Waals surface area contributed by atoms with Gasteiger partial charge in [-0.3, -0.25) is 9.59 Å². The SMILES string of the molecule is CCSCCC(=O)[C@H]1CC[C@H]2[C@@H]3CC[C@H]4C[C@H](O)CC[C@]4(C)[C@H]3C(=O)C[C@]12C. The highest BCUT2D eigenvalue weighted by molar-refractivity contribution is 7.99. The van der Waals surface area contributed by atoms with Crippen molar-refractivity contribution in [2.75, 3.05) is 11.5 Å². The normalized spacial score (nSPS) is 47.9. The zero-order chi connectivity index (χ0) is 20.1. The Bertz CT molecular complexity index is 633. The summed E-state index contributed by atoms with van der Waals surface area (Å²) in [6.45, 7) is 6.76. The molecule has 4 fully saturated rings. The first-order valence-electron chi connectivity index (χ1n) is 11.6. The van der Waals surface area contributed by atoms with Crippen LogP contribution >= 0.6 is 11.8 Å². The summed E-state index contributed by atoms with van der Waals surface area (Å²) in [5.41, 5.74) is -0.0377. The molecule has 3 nitrogen and oxygen atoms in total. The van der Waals surface area contributed by atoms with E-state index in [2.05, 4.69) is 20.8 Å². The Kier molecular flexibility index (Phi) is 5.77. The Labute approximate surface area is 174 Å². The van der Waals surface area contributed by atoms with Crippen LogP contribution in [-0.2, 0) is 9.59 Å². The van der Waals surface area contributed by atoms with Crippen molar-refractivity contribution in [3.63, 3.8) is 0 Å². The van der Waals surface area contributed by atoms with Gasteiger partial charge in [-0.15, -0.1) is 0 Å². The van der Waals surface area contributed by atoms with Crippen LogP contribution in [0.2, 0.25) is 0 Å². The van der Waals surface area contributed by atoms with Crippen LogP contribution in [0.25, 0.3) is 0 Å². The minimum atomic E-state index is -0.173. The molecule has 8 atom stereocenters. The second-order valence-electron chi connectivity index (χ2n) is 10.6. The van der Waals surface area contributed by atoms with Crippen LogP contribution in [0, 0.1) is 40.4 Å². The standard InChI is InChI=1S/C24H38O3S/c1-4-28-12-10-20(26)19-8-7-18-17-6-5-15-13-16(25)9-11-23(15,2)22(17)21(27)14-24(18,19)3/h15-19,22,25H,4-14H2,1-3H3/t15-,16+,17-,18-,19+,22+,23-,24-/m0/s1. The topological polar surface area (TPSA) is 54.4 Å². The van der Waals surface area contributed by atoms with Crippen molar-refractivity contribution in [2.45, 2.75) is 84.7 Å². The van der Waals surface area contributed by atoms with Crippen molar-refractivity contribution < 1.29 is 14.7 Å². The Hall–Kier alpha value is -0.350. The summed E-state index contributed by atoms with van der Waals surface area (Å²) in [5, 5.41) is 10.2. The first kappa shape index (κ1) is 20.9. The summed E-state index contributed by atoms with van der Waals surface area (Å²) < 4.78 is 0. The van der Waals surface area contributed by atoms with Crippen LogP contribution in [0.4, 0.5) is 0 Å². The van der Waals surface area contributed by atoms with Gasteiger partial charge in [-0.2, -0.15) is 11.8 Å². The third-order valence-corrected chi connectivity index (χ3v) is 10.3. The van der Waals surface area contributed by atoms with E-state index in [1.807, 2.05) is 11.8 Å². The summed E-state index contributed by atoms with van der Waals surface area (Å²) in [5.74, 6) is 4.60. The van der Waals surface area contributed by atoms with E-state index in [1.165, 1.54) is 0 Å². The lowest BCUT2D eigenvalue weighted by molar-refractivity contribution is -0.162. The largest absolute Gasteiger partial charge is 0.393 e. The first-order valence-corrected chi connectivity index (χ1v) is 12.8. The number of thioether (sulfide) groups is 1. The molecule has 0 aliphatic heterocycles. The van der Waals surface area contributed by atoms with Gasteiger partial charge in [0.05, 0.1) is 6.10 Å². The minimum Gasteiger partial charge on any atom is -0.393 e. The molecule has 4 aliphatic rings. The molecule has 0 spiro atoms. The molecular weight excluding hydrogens is 368 g/mol. The Morgan fingerprint density at radius 1 is 1.14 bits per heavy atom. The molecule has 158 valence electrons. The van der Waals surface area contributed by atoms with Gasteiger partial charge in [0.1, 0.15) is 11.6 Å².